The van der Waals surface area contributed by atoms with Crippen LogP contribution in [0.5, 0.6) is 5.75 Å². The largest absolute Gasteiger partial charge is 0.504 e. The van der Waals surface area contributed by atoms with Gasteiger partial charge in [0.25, 0.3) is 0 Å². The molecule has 0 radical (unpaired) electrons. The van der Waals surface area contributed by atoms with Crippen LogP contribution in [0.4, 0.5) is 0 Å². The summed E-state index contributed by atoms with van der Waals surface area (Å²) in [6, 6.07) is 1.52. The van der Waals surface area contributed by atoms with Gasteiger partial charge in [-0.2, -0.15) is 0 Å². The van der Waals surface area contributed by atoms with Crippen molar-refractivity contribution in [3.8, 4) is 5.75 Å². The summed E-state index contributed by atoms with van der Waals surface area (Å²) >= 11 is 5.55. The summed E-state index contributed by atoms with van der Waals surface area (Å²) in [7, 11) is 0. The number of halogens is 1. The van der Waals surface area contributed by atoms with Crippen molar-refractivity contribution >= 4 is 17.7 Å². The molecule has 0 atom stereocenters. The third-order valence-corrected chi connectivity index (χ3v) is 1.40. The Morgan fingerprint density at radius 2 is 2.40 bits per heavy atom. The standard InChI is InChI=1S/C7H6ClNO/c1-2-6-7(10)5(8)3-4-9-6/h2-4,10H,1H2. The summed E-state index contributed by atoms with van der Waals surface area (Å²) in [5.41, 5.74) is 0.410. The van der Waals surface area contributed by atoms with Crippen LogP contribution >= 0.6 is 11.6 Å². The van der Waals surface area contributed by atoms with E-state index in [0.29, 0.717) is 10.7 Å². The molecule has 1 aromatic heterocycles. The Hall–Kier alpha value is -1.02. The van der Waals surface area contributed by atoms with Crippen molar-refractivity contribution in [1.29, 1.82) is 0 Å². The summed E-state index contributed by atoms with van der Waals surface area (Å²) in [4.78, 5) is 3.81. The molecule has 2 nitrogen and oxygen atoms in total. The van der Waals surface area contributed by atoms with Crippen LogP contribution < -0.4 is 0 Å². The highest BCUT2D eigenvalue weighted by Crippen LogP contribution is 2.25. The van der Waals surface area contributed by atoms with Crippen LogP contribution in [0.3, 0.4) is 0 Å². The molecule has 0 aliphatic rings. The Morgan fingerprint density at radius 1 is 1.70 bits per heavy atom. The predicted molar refractivity (Wildman–Crippen MR) is 41.0 cm³/mol. The lowest BCUT2D eigenvalue weighted by molar-refractivity contribution is 0.471. The first-order valence-electron chi connectivity index (χ1n) is 2.71. The first-order valence-corrected chi connectivity index (χ1v) is 3.09. The minimum Gasteiger partial charge on any atom is -0.504 e. The van der Waals surface area contributed by atoms with Crippen molar-refractivity contribution in [2.45, 2.75) is 0 Å². The summed E-state index contributed by atoms with van der Waals surface area (Å²) in [6.07, 6.45) is 2.96. The Morgan fingerprint density at radius 3 is 2.90 bits per heavy atom. The lowest BCUT2D eigenvalue weighted by Gasteiger charge is -1.97. The summed E-state index contributed by atoms with van der Waals surface area (Å²) < 4.78 is 0. The average molecular weight is 156 g/mol. The van der Waals surface area contributed by atoms with Gasteiger partial charge >= 0.3 is 0 Å². The van der Waals surface area contributed by atoms with Gasteiger partial charge in [-0.25, -0.2) is 0 Å². The van der Waals surface area contributed by atoms with E-state index in [1.54, 1.807) is 0 Å². The number of aromatic nitrogens is 1. The van der Waals surface area contributed by atoms with Crippen molar-refractivity contribution in [1.82, 2.24) is 4.98 Å². The van der Waals surface area contributed by atoms with Crippen molar-refractivity contribution < 1.29 is 5.11 Å². The van der Waals surface area contributed by atoms with Crippen LogP contribution in [-0.4, -0.2) is 10.1 Å². The van der Waals surface area contributed by atoms with E-state index < -0.39 is 0 Å². The fourth-order valence-electron chi connectivity index (χ4n) is 0.595. The van der Waals surface area contributed by atoms with E-state index in [4.69, 9.17) is 16.7 Å². The molecule has 1 aromatic rings. The Balaban J connectivity index is 3.27. The number of hydrogen-bond acceptors (Lipinski definition) is 2. The molecule has 52 valence electrons. The lowest BCUT2D eigenvalue weighted by Crippen LogP contribution is -1.80. The number of nitrogens with zero attached hydrogens (tertiary/aromatic N) is 1. The Bertz CT molecular complexity index is 260. The number of aromatic hydroxyl groups is 1. The van der Waals surface area contributed by atoms with Gasteiger partial charge in [-0.1, -0.05) is 18.2 Å². The van der Waals surface area contributed by atoms with E-state index >= 15 is 0 Å². The quantitative estimate of drug-likeness (QED) is 0.674. The van der Waals surface area contributed by atoms with Gasteiger partial charge in [-0.05, 0) is 12.1 Å². The van der Waals surface area contributed by atoms with Gasteiger partial charge in [-0.15, -0.1) is 0 Å². The van der Waals surface area contributed by atoms with Crippen LogP contribution in [0, 0.1) is 0 Å². The summed E-state index contributed by atoms with van der Waals surface area (Å²) in [5.74, 6) is -0.0147. The van der Waals surface area contributed by atoms with Gasteiger partial charge in [0.2, 0.25) is 0 Å². The fraction of sp³-hybridized carbons (Fsp3) is 0. The Labute approximate surface area is 63.8 Å². The third kappa shape index (κ3) is 1.11. The fourth-order valence-corrected chi connectivity index (χ4v) is 0.748. The lowest BCUT2D eigenvalue weighted by atomic mass is 10.3. The van der Waals surface area contributed by atoms with E-state index in [0.717, 1.165) is 0 Å². The Kier molecular flexibility index (Phi) is 1.92. The van der Waals surface area contributed by atoms with E-state index in [1.165, 1.54) is 18.3 Å². The molecule has 1 heterocycles. The molecule has 0 amide bonds. The zero-order chi connectivity index (χ0) is 7.56. The van der Waals surface area contributed by atoms with Gasteiger partial charge < -0.3 is 5.11 Å². The smallest absolute Gasteiger partial charge is 0.159 e. The molecule has 0 spiro atoms. The molecule has 0 unspecified atom stereocenters. The second kappa shape index (κ2) is 2.71. The molecule has 1 N–H and O–H groups in total. The molecule has 0 saturated heterocycles. The predicted octanol–water partition coefficient (Wildman–Crippen LogP) is 2.08. The maximum Gasteiger partial charge on any atom is 0.159 e. The van der Waals surface area contributed by atoms with Crippen LogP contribution in [0.15, 0.2) is 18.8 Å². The monoisotopic (exact) mass is 155 g/mol. The van der Waals surface area contributed by atoms with E-state index in [-0.39, 0.29) is 5.75 Å². The van der Waals surface area contributed by atoms with Crippen LogP contribution in [0.1, 0.15) is 5.69 Å². The normalized spacial score (nSPS) is 9.30. The zero-order valence-electron chi connectivity index (χ0n) is 5.21. The van der Waals surface area contributed by atoms with E-state index in [9.17, 15) is 0 Å². The van der Waals surface area contributed by atoms with E-state index in [2.05, 4.69) is 11.6 Å². The minimum atomic E-state index is -0.0147. The molecule has 3 heteroatoms. The second-order valence-electron chi connectivity index (χ2n) is 1.73. The molecule has 10 heavy (non-hydrogen) atoms. The van der Waals surface area contributed by atoms with Gasteiger partial charge in [0.1, 0.15) is 5.69 Å². The second-order valence-corrected chi connectivity index (χ2v) is 2.14. The molecule has 0 fully saturated rings. The molecule has 0 aliphatic heterocycles. The molecule has 0 saturated carbocycles. The van der Waals surface area contributed by atoms with Crippen LogP contribution in [0.25, 0.3) is 6.08 Å². The van der Waals surface area contributed by atoms with Crippen LogP contribution in [-0.2, 0) is 0 Å². The topological polar surface area (TPSA) is 33.1 Å². The highest BCUT2D eigenvalue weighted by atomic mass is 35.5. The maximum atomic E-state index is 9.13. The zero-order valence-corrected chi connectivity index (χ0v) is 5.97. The minimum absolute atomic E-state index is 0.0147. The maximum absolute atomic E-state index is 9.13. The highest BCUT2D eigenvalue weighted by Gasteiger charge is 2.00. The number of rotatable bonds is 1. The van der Waals surface area contributed by atoms with Gasteiger partial charge in [0.15, 0.2) is 5.75 Å². The molecule has 0 aliphatic carbocycles. The van der Waals surface area contributed by atoms with Crippen LogP contribution in [0.2, 0.25) is 5.02 Å². The summed E-state index contributed by atoms with van der Waals surface area (Å²) in [6.45, 7) is 3.45. The molecular formula is C7H6ClNO. The van der Waals surface area contributed by atoms with Crippen molar-refractivity contribution in [3.05, 3.63) is 29.6 Å². The highest BCUT2D eigenvalue weighted by molar-refractivity contribution is 6.32. The molecule has 0 bridgehead atoms. The molecular weight excluding hydrogens is 150 g/mol. The van der Waals surface area contributed by atoms with Gasteiger partial charge in [-0.3, -0.25) is 4.98 Å². The summed E-state index contributed by atoms with van der Waals surface area (Å²) in [5, 5.41) is 9.43. The van der Waals surface area contributed by atoms with Crippen molar-refractivity contribution in [3.63, 3.8) is 0 Å². The number of pyridine rings is 1. The van der Waals surface area contributed by atoms with E-state index in [1.807, 2.05) is 0 Å². The average Bonchev–Trinajstić information content (AvgIpc) is 1.95. The SMILES string of the molecule is C=Cc1nccc(Cl)c1O. The first kappa shape index (κ1) is 7.09. The molecule has 0 aromatic carbocycles. The van der Waals surface area contributed by atoms with Crippen molar-refractivity contribution in [2.24, 2.45) is 0 Å². The van der Waals surface area contributed by atoms with Gasteiger partial charge in [0.05, 0.1) is 5.02 Å². The third-order valence-electron chi connectivity index (χ3n) is 1.10. The first-order chi connectivity index (χ1) is 4.75. The number of hydrogen-bond donors (Lipinski definition) is 1. The molecule has 1 rings (SSSR count). The van der Waals surface area contributed by atoms with Gasteiger partial charge in [0, 0.05) is 6.20 Å². The van der Waals surface area contributed by atoms with Crippen molar-refractivity contribution in [2.75, 3.05) is 0 Å².